The molecule has 0 radical (unpaired) electrons. The third-order valence-electron chi connectivity index (χ3n) is 2.62. The minimum atomic E-state index is -1.12. The van der Waals surface area contributed by atoms with E-state index in [1.165, 1.54) is 5.01 Å². The molecule has 0 aromatic carbocycles. The van der Waals surface area contributed by atoms with E-state index < -0.39 is 23.8 Å². The monoisotopic (exact) mass is 273 g/mol. The van der Waals surface area contributed by atoms with E-state index in [0.29, 0.717) is 24.3 Å². The van der Waals surface area contributed by atoms with Gasteiger partial charge in [0, 0.05) is 0 Å². The molecule has 19 heavy (non-hydrogen) atoms. The van der Waals surface area contributed by atoms with Gasteiger partial charge in [-0.15, -0.1) is 5.01 Å². The second kappa shape index (κ2) is 5.50. The van der Waals surface area contributed by atoms with E-state index >= 15 is 0 Å². The van der Waals surface area contributed by atoms with Crippen molar-refractivity contribution in [2.45, 2.75) is 19.6 Å². The molecule has 104 valence electrons. The fourth-order valence-electron chi connectivity index (χ4n) is 1.64. The topological polar surface area (TPSA) is 106 Å². The van der Waals surface area contributed by atoms with Gasteiger partial charge in [0.25, 0.3) is 5.56 Å². The highest BCUT2D eigenvalue weighted by Crippen LogP contribution is 2.07. The number of aromatic amines is 1. The number of hydrazine groups is 1. The van der Waals surface area contributed by atoms with Crippen LogP contribution in [0.3, 0.4) is 0 Å². The van der Waals surface area contributed by atoms with Gasteiger partial charge in [-0.3, -0.25) is 14.3 Å². The summed E-state index contributed by atoms with van der Waals surface area (Å²) in [5.41, 5.74) is -1.96. The van der Waals surface area contributed by atoms with Gasteiger partial charge in [-0.25, -0.2) is 4.79 Å². The minimum absolute atomic E-state index is 0.292. The van der Waals surface area contributed by atoms with Gasteiger partial charge in [-0.1, -0.05) is 0 Å². The van der Waals surface area contributed by atoms with Crippen molar-refractivity contribution in [3.05, 3.63) is 38.1 Å². The second-order valence-corrected chi connectivity index (χ2v) is 3.96. The zero-order valence-electron chi connectivity index (χ0n) is 9.91. The summed E-state index contributed by atoms with van der Waals surface area (Å²) >= 11 is 0. The molecule has 1 aromatic rings. The van der Waals surface area contributed by atoms with Crippen LogP contribution in [0.25, 0.3) is 0 Å². The Labute approximate surface area is 106 Å². The number of nitrogens with zero attached hydrogens (tertiary/aromatic N) is 4. The lowest BCUT2D eigenvalue weighted by atomic mass is 10.4. The number of hydrogen-bond donors (Lipinski definition) is 1. The molecule has 10 heteroatoms. The van der Waals surface area contributed by atoms with Crippen LogP contribution in [-0.4, -0.2) is 32.6 Å². The zero-order valence-corrected chi connectivity index (χ0v) is 9.91. The first-order chi connectivity index (χ1) is 9.08. The molecule has 2 rings (SSSR count). The molecule has 0 saturated carbocycles. The largest absolute Gasteiger partial charge is 0.569 e. The Morgan fingerprint density at radius 2 is 2.16 bits per heavy atom. The van der Waals surface area contributed by atoms with Crippen LogP contribution in [-0.2, 0) is 11.6 Å². The lowest BCUT2D eigenvalue weighted by molar-refractivity contribution is -0.708. The van der Waals surface area contributed by atoms with Gasteiger partial charge < -0.3 is 10.0 Å². The van der Waals surface area contributed by atoms with Crippen LogP contribution in [0.2, 0.25) is 0 Å². The van der Waals surface area contributed by atoms with Crippen LogP contribution in [0.1, 0.15) is 12.8 Å². The summed E-state index contributed by atoms with van der Waals surface area (Å²) in [5, 5.41) is 16.0. The maximum atomic E-state index is 12.9. The van der Waals surface area contributed by atoms with Crippen molar-refractivity contribution >= 4 is 0 Å². The van der Waals surface area contributed by atoms with E-state index in [9.17, 15) is 19.2 Å². The van der Waals surface area contributed by atoms with Crippen LogP contribution < -0.4 is 11.2 Å². The van der Waals surface area contributed by atoms with Crippen LogP contribution in [0.15, 0.2) is 21.1 Å². The average Bonchev–Trinajstić information content (AvgIpc) is 2.89. The molecule has 2 heterocycles. The lowest BCUT2D eigenvalue weighted by Gasteiger charge is -2.10. The zero-order chi connectivity index (χ0) is 13.8. The van der Waals surface area contributed by atoms with Crippen LogP contribution in [0.4, 0.5) is 4.39 Å². The molecule has 0 aliphatic carbocycles. The predicted molar refractivity (Wildman–Crippen MR) is 59.2 cm³/mol. The Balaban J connectivity index is 1.99. The molecule has 0 amide bonds. The molecule has 1 aromatic heterocycles. The van der Waals surface area contributed by atoms with Crippen molar-refractivity contribution < 1.29 is 14.2 Å². The highest BCUT2D eigenvalue weighted by molar-refractivity contribution is 4.86. The van der Waals surface area contributed by atoms with Gasteiger partial charge in [0.05, 0.1) is 24.3 Å². The van der Waals surface area contributed by atoms with E-state index in [1.54, 1.807) is 4.98 Å². The van der Waals surface area contributed by atoms with Gasteiger partial charge in [0.1, 0.15) is 0 Å². The normalized spacial score (nSPS) is 15.8. The Bertz CT molecular complexity index is 589. The van der Waals surface area contributed by atoms with Crippen molar-refractivity contribution in [3.63, 3.8) is 0 Å². The maximum Gasteiger partial charge on any atom is 0.331 e. The molecule has 0 spiro atoms. The summed E-state index contributed by atoms with van der Waals surface area (Å²) in [6.07, 6.45) is 2.49. The van der Waals surface area contributed by atoms with Gasteiger partial charge >= 0.3 is 5.69 Å². The molecule has 9 nitrogen and oxygen atoms in total. The Kier molecular flexibility index (Phi) is 3.78. The van der Waals surface area contributed by atoms with E-state index in [0.717, 1.165) is 17.4 Å². The number of H-pyrrole nitrogens is 1. The summed E-state index contributed by atoms with van der Waals surface area (Å²) in [5.74, 6) is -1.12. The quantitative estimate of drug-likeness (QED) is 0.454. The first-order valence-electron chi connectivity index (χ1n) is 5.62. The summed E-state index contributed by atoms with van der Waals surface area (Å²) in [6.45, 7) is 0.701. The SMILES string of the molecule is O=c1[nH]c(=O)n(CO/N=[N+](\[O-])N2CCCC2)cc1F. The van der Waals surface area contributed by atoms with Gasteiger partial charge in [-0.2, -0.15) is 4.39 Å². The highest BCUT2D eigenvalue weighted by atomic mass is 19.1. The van der Waals surface area contributed by atoms with Crippen LogP contribution in [0.5, 0.6) is 0 Å². The molecule has 1 aliphatic rings. The maximum absolute atomic E-state index is 12.9. The third kappa shape index (κ3) is 3.09. The van der Waals surface area contributed by atoms with Gasteiger partial charge in [-0.05, 0) is 12.8 Å². The molecule has 1 aliphatic heterocycles. The van der Waals surface area contributed by atoms with Crippen molar-refractivity contribution in [2.24, 2.45) is 5.28 Å². The van der Waals surface area contributed by atoms with Crippen molar-refractivity contribution in [1.29, 1.82) is 0 Å². The molecule has 0 bridgehead atoms. The number of rotatable bonds is 4. The predicted octanol–water partition coefficient (Wildman–Crippen LogP) is -0.462. The molecule has 0 unspecified atom stereocenters. The van der Waals surface area contributed by atoms with E-state index in [1.807, 2.05) is 0 Å². The minimum Gasteiger partial charge on any atom is -0.569 e. The number of hydrogen-bond acceptors (Lipinski definition) is 5. The molecule has 1 saturated heterocycles. The summed E-state index contributed by atoms with van der Waals surface area (Å²) in [6, 6.07) is 0. The number of aromatic nitrogens is 2. The second-order valence-electron chi connectivity index (χ2n) is 3.96. The van der Waals surface area contributed by atoms with E-state index in [-0.39, 0.29) is 0 Å². The first kappa shape index (κ1) is 13.1. The van der Waals surface area contributed by atoms with Crippen molar-refractivity contribution in [2.75, 3.05) is 13.1 Å². The Hall–Kier alpha value is -2.39. The molecular weight excluding hydrogens is 261 g/mol. The lowest BCUT2D eigenvalue weighted by Crippen LogP contribution is -2.32. The Morgan fingerprint density at radius 1 is 1.47 bits per heavy atom. The molecular formula is C9H12FN5O4. The van der Waals surface area contributed by atoms with Crippen molar-refractivity contribution in [1.82, 2.24) is 14.6 Å². The van der Waals surface area contributed by atoms with E-state index in [4.69, 9.17) is 0 Å². The number of nitrogens with one attached hydrogen (secondary N) is 1. The fraction of sp³-hybridized carbons (Fsp3) is 0.556. The van der Waals surface area contributed by atoms with Crippen molar-refractivity contribution in [3.8, 4) is 0 Å². The highest BCUT2D eigenvalue weighted by Gasteiger charge is 2.18. The van der Waals surface area contributed by atoms with Crippen LogP contribution >= 0.6 is 0 Å². The fourth-order valence-corrected chi connectivity index (χ4v) is 1.64. The Morgan fingerprint density at radius 3 is 2.84 bits per heavy atom. The van der Waals surface area contributed by atoms with Crippen LogP contribution in [0, 0.1) is 11.0 Å². The van der Waals surface area contributed by atoms with Gasteiger partial charge in [0.15, 0.2) is 0 Å². The van der Waals surface area contributed by atoms with Gasteiger partial charge in [0.2, 0.25) is 17.8 Å². The molecule has 0 atom stereocenters. The molecule has 1 fully saturated rings. The number of halogens is 1. The van der Waals surface area contributed by atoms with E-state index in [2.05, 4.69) is 10.1 Å². The standard InChI is InChI=1S/C9H12FN5O4/c10-7-5-13(9(17)11-8(7)16)6-19-12-15(18)14-3-1-2-4-14/h5H,1-4,6H2,(H,11,16,17)/b15-12-. The molecule has 1 N–H and O–H groups in total. The summed E-state index contributed by atoms with van der Waals surface area (Å²) in [7, 11) is 0. The first-order valence-corrected chi connectivity index (χ1v) is 5.62. The summed E-state index contributed by atoms with van der Waals surface area (Å²) < 4.78 is 13.7. The average molecular weight is 273 g/mol. The summed E-state index contributed by atoms with van der Waals surface area (Å²) in [4.78, 5) is 28.7. The smallest absolute Gasteiger partial charge is 0.331 e. The third-order valence-corrected chi connectivity index (χ3v) is 2.62.